The van der Waals surface area contributed by atoms with Gasteiger partial charge in [0.25, 0.3) is 0 Å². The number of aromatic nitrogens is 1. The lowest BCUT2D eigenvalue weighted by Gasteiger charge is -2.14. The first-order valence-corrected chi connectivity index (χ1v) is 13.3. The molecule has 34 heavy (non-hydrogen) atoms. The standard InChI is InChI=1S/C26H31N3O3S2/c1-4-7-11-24(30)27-19-9-8-10-21(16-19)34-23(5-2)25(31)29-26-28-22(17-33-26)18-12-14-20(15-13-18)32-6-3/h8-10,12-17,23H,4-7,11H2,1-3H3,(H,27,30)(H,28,29,31). The zero-order valence-corrected chi connectivity index (χ0v) is 21.4. The highest BCUT2D eigenvalue weighted by molar-refractivity contribution is 8.00. The van der Waals surface area contributed by atoms with Crippen LogP contribution in [-0.2, 0) is 9.59 Å². The quantitative estimate of drug-likeness (QED) is 0.268. The summed E-state index contributed by atoms with van der Waals surface area (Å²) in [7, 11) is 0. The van der Waals surface area contributed by atoms with Crippen LogP contribution in [-0.4, -0.2) is 28.7 Å². The number of carbonyl (C=O) groups excluding carboxylic acids is 2. The van der Waals surface area contributed by atoms with Crippen LogP contribution in [0.2, 0.25) is 0 Å². The highest BCUT2D eigenvalue weighted by atomic mass is 32.2. The van der Waals surface area contributed by atoms with E-state index in [9.17, 15) is 9.59 Å². The maximum atomic E-state index is 12.9. The van der Waals surface area contributed by atoms with E-state index in [1.807, 2.05) is 67.8 Å². The van der Waals surface area contributed by atoms with Crippen LogP contribution in [0.25, 0.3) is 11.3 Å². The maximum absolute atomic E-state index is 12.9. The van der Waals surface area contributed by atoms with Crippen LogP contribution in [0.1, 0.15) is 46.5 Å². The molecule has 0 spiro atoms. The number of hydrogen-bond donors (Lipinski definition) is 2. The van der Waals surface area contributed by atoms with Gasteiger partial charge in [0.1, 0.15) is 5.75 Å². The monoisotopic (exact) mass is 497 g/mol. The van der Waals surface area contributed by atoms with Gasteiger partial charge in [-0.25, -0.2) is 4.98 Å². The van der Waals surface area contributed by atoms with Crippen molar-refractivity contribution in [3.05, 3.63) is 53.9 Å². The Bertz CT molecular complexity index is 1080. The van der Waals surface area contributed by atoms with Gasteiger partial charge in [0.15, 0.2) is 5.13 Å². The van der Waals surface area contributed by atoms with Crippen LogP contribution in [0.3, 0.4) is 0 Å². The van der Waals surface area contributed by atoms with Crippen LogP contribution in [0.15, 0.2) is 58.8 Å². The van der Waals surface area contributed by atoms with Gasteiger partial charge in [-0.1, -0.05) is 26.3 Å². The minimum Gasteiger partial charge on any atom is -0.494 e. The topological polar surface area (TPSA) is 80.3 Å². The second-order valence-corrected chi connectivity index (χ2v) is 9.81. The average molecular weight is 498 g/mol. The van der Waals surface area contributed by atoms with Crippen molar-refractivity contribution in [2.24, 2.45) is 0 Å². The molecule has 0 bridgehead atoms. The summed E-state index contributed by atoms with van der Waals surface area (Å²) in [6, 6.07) is 15.4. The molecule has 1 atom stereocenters. The largest absolute Gasteiger partial charge is 0.494 e. The Morgan fingerprint density at radius 2 is 1.88 bits per heavy atom. The molecule has 0 aliphatic rings. The second kappa shape index (κ2) is 13.2. The Labute approximate surface area is 209 Å². The third kappa shape index (κ3) is 7.60. The molecule has 0 saturated carbocycles. The summed E-state index contributed by atoms with van der Waals surface area (Å²) in [6.45, 7) is 6.63. The molecule has 8 heteroatoms. The van der Waals surface area contributed by atoms with E-state index in [4.69, 9.17) is 4.74 Å². The predicted octanol–water partition coefficient (Wildman–Crippen LogP) is 6.85. The van der Waals surface area contributed by atoms with Crippen molar-refractivity contribution in [1.82, 2.24) is 4.98 Å². The number of thioether (sulfide) groups is 1. The van der Waals surface area contributed by atoms with Gasteiger partial charge in [-0.15, -0.1) is 23.1 Å². The van der Waals surface area contributed by atoms with E-state index < -0.39 is 0 Å². The summed E-state index contributed by atoms with van der Waals surface area (Å²) in [4.78, 5) is 30.5. The Morgan fingerprint density at radius 3 is 2.59 bits per heavy atom. The fraction of sp³-hybridized carbons (Fsp3) is 0.346. The Kier molecular flexibility index (Phi) is 9.97. The molecule has 0 fully saturated rings. The molecule has 0 aliphatic carbocycles. The molecular formula is C26H31N3O3S2. The number of carbonyl (C=O) groups is 2. The Morgan fingerprint density at radius 1 is 1.09 bits per heavy atom. The first-order chi connectivity index (χ1) is 16.5. The first-order valence-electron chi connectivity index (χ1n) is 11.6. The molecule has 3 rings (SSSR count). The number of nitrogens with one attached hydrogen (secondary N) is 2. The normalized spacial score (nSPS) is 11.6. The molecule has 0 aliphatic heterocycles. The highest BCUT2D eigenvalue weighted by Gasteiger charge is 2.20. The number of nitrogens with zero attached hydrogens (tertiary/aromatic N) is 1. The van der Waals surface area contributed by atoms with Crippen molar-refractivity contribution in [3.63, 3.8) is 0 Å². The molecule has 180 valence electrons. The third-order valence-electron chi connectivity index (χ3n) is 5.01. The summed E-state index contributed by atoms with van der Waals surface area (Å²) >= 11 is 2.89. The van der Waals surface area contributed by atoms with E-state index >= 15 is 0 Å². The van der Waals surface area contributed by atoms with E-state index in [1.165, 1.54) is 23.1 Å². The maximum Gasteiger partial charge on any atom is 0.239 e. The van der Waals surface area contributed by atoms with Crippen LogP contribution in [0.4, 0.5) is 10.8 Å². The summed E-state index contributed by atoms with van der Waals surface area (Å²) in [5.41, 5.74) is 2.54. The van der Waals surface area contributed by atoms with Crippen molar-refractivity contribution in [3.8, 4) is 17.0 Å². The van der Waals surface area contributed by atoms with Crippen LogP contribution in [0, 0.1) is 0 Å². The molecule has 3 aromatic rings. The van der Waals surface area contributed by atoms with Gasteiger partial charge in [-0.2, -0.15) is 0 Å². The number of rotatable bonds is 12. The third-order valence-corrected chi connectivity index (χ3v) is 7.13. The smallest absolute Gasteiger partial charge is 0.239 e. The van der Waals surface area contributed by atoms with Crippen molar-refractivity contribution >= 4 is 45.7 Å². The number of hydrogen-bond acceptors (Lipinski definition) is 6. The SMILES string of the molecule is CCCCC(=O)Nc1cccc(SC(CC)C(=O)Nc2nc(-c3ccc(OCC)cc3)cs2)c1. The lowest BCUT2D eigenvalue weighted by Crippen LogP contribution is -2.24. The van der Waals surface area contributed by atoms with Crippen molar-refractivity contribution in [2.75, 3.05) is 17.2 Å². The van der Waals surface area contributed by atoms with Gasteiger partial charge in [0.05, 0.1) is 17.6 Å². The van der Waals surface area contributed by atoms with Crippen molar-refractivity contribution in [2.45, 2.75) is 56.6 Å². The Balaban J connectivity index is 1.60. The molecule has 0 radical (unpaired) electrons. The average Bonchev–Trinajstić information content (AvgIpc) is 3.30. The number of ether oxygens (including phenoxy) is 1. The number of unbranched alkanes of at least 4 members (excludes halogenated alkanes) is 1. The highest BCUT2D eigenvalue weighted by Crippen LogP contribution is 2.30. The van der Waals surface area contributed by atoms with E-state index in [0.29, 0.717) is 24.6 Å². The zero-order chi connectivity index (χ0) is 24.3. The zero-order valence-electron chi connectivity index (χ0n) is 19.8. The van der Waals surface area contributed by atoms with Gasteiger partial charge in [0.2, 0.25) is 11.8 Å². The molecule has 1 aromatic heterocycles. The van der Waals surface area contributed by atoms with Gasteiger partial charge in [-0.05, 0) is 62.2 Å². The van der Waals surface area contributed by atoms with Gasteiger partial charge in [-0.3, -0.25) is 9.59 Å². The fourth-order valence-electron chi connectivity index (χ4n) is 3.23. The fourth-order valence-corrected chi connectivity index (χ4v) is 4.97. The number of thiazole rings is 1. The van der Waals surface area contributed by atoms with Crippen LogP contribution in [0.5, 0.6) is 5.75 Å². The van der Waals surface area contributed by atoms with E-state index in [-0.39, 0.29) is 17.1 Å². The Hall–Kier alpha value is -2.84. The second-order valence-electron chi connectivity index (χ2n) is 7.68. The van der Waals surface area contributed by atoms with Crippen LogP contribution >= 0.6 is 23.1 Å². The van der Waals surface area contributed by atoms with Gasteiger partial charge < -0.3 is 15.4 Å². The summed E-state index contributed by atoms with van der Waals surface area (Å²) < 4.78 is 5.49. The minimum atomic E-state index is -0.274. The summed E-state index contributed by atoms with van der Waals surface area (Å²) in [6.07, 6.45) is 3.04. The minimum absolute atomic E-state index is 0.0147. The predicted molar refractivity (Wildman–Crippen MR) is 142 cm³/mol. The molecule has 1 heterocycles. The van der Waals surface area contributed by atoms with E-state index in [0.717, 1.165) is 40.4 Å². The van der Waals surface area contributed by atoms with E-state index in [1.54, 1.807) is 0 Å². The lowest BCUT2D eigenvalue weighted by molar-refractivity contribution is -0.116. The number of anilines is 2. The van der Waals surface area contributed by atoms with Gasteiger partial charge in [0, 0.05) is 27.9 Å². The molecule has 6 nitrogen and oxygen atoms in total. The molecule has 1 unspecified atom stereocenters. The van der Waals surface area contributed by atoms with Gasteiger partial charge >= 0.3 is 0 Å². The molecule has 2 aromatic carbocycles. The first kappa shape index (κ1) is 25.8. The van der Waals surface area contributed by atoms with E-state index in [2.05, 4.69) is 22.5 Å². The summed E-state index contributed by atoms with van der Waals surface area (Å²) in [5.74, 6) is 0.751. The molecule has 0 saturated heterocycles. The molecule has 2 N–H and O–H groups in total. The van der Waals surface area contributed by atoms with Crippen molar-refractivity contribution in [1.29, 1.82) is 0 Å². The van der Waals surface area contributed by atoms with Crippen LogP contribution < -0.4 is 15.4 Å². The molecular weight excluding hydrogens is 466 g/mol. The molecule has 2 amide bonds. The van der Waals surface area contributed by atoms with Crippen molar-refractivity contribution < 1.29 is 14.3 Å². The lowest BCUT2D eigenvalue weighted by atomic mass is 10.2. The summed E-state index contributed by atoms with van der Waals surface area (Å²) in [5, 5.41) is 8.13. The number of amides is 2. The number of benzene rings is 2.